The van der Waals surface area contributed by atoms with Gasteiger partial charge in [0, 0.05) is 44.4 Å². The van der Waals surface area contributed by atoms with Gasteiger partial charge in [0.1, 0.15) is 6.07 Å². The molecule has 1 aliphatic heterocycles. The van der Waals surface area contributed by atoms with E-state index in [1.165, 1.54) is 12.1 Å². The summed E-state index contributed by atoms with van der Waals surface area (Å²) in [6.45, 7) is 6.95. The van der Waals surface area contributed by atoms with Crippen molar-refractivity contribution in [3.05, 3.63) is 33.9 Å². The Balaban J connectivity index is 1.98. The first-order valence-corrected chi connectivity index (χ1v) is 7.86. The lowest BCUT2D eigenvalue weighted by atomic mass is 10.1. The molecule has 128 valence electrons. The number of nitrogens with zero attached hydrogens (tertiary/aromatic N) is 4. The fourth-order valence-electron chi connectivity index (χ4n) is 2.72. The molecule has 0 aromatic heterocycles. The third kappa shape index (κ3) is 4.43. The number of amides is 1. The van der Waals surface area contributed by atoms with Crippen LogP contribution < -0.4 is 10.2 Å². The lowest BCUT2D eigenvalue weighted by molar-refractivity contribution is -0.384. The number of carbonyl (C=O) groups is 1. The highest BCUT2D eigenvalue weighted by Gasteiger charge is 2.22. The Bertz CT molecular complexity index is 660. The molecule has 8 heteroatoms. The van der Waals surface area contributed by atoms with Crippen LogP contribution in [0.2, 0.25) is 0 Å². The maximum Gasteiger partial charge on any atom is 0.270 e. The average Bonchev–Trinajstić information content (AvgIpc) is 2.54. The summed E-state index contributed by atoms with van der Waals surface area (Å²) in [7, 11) is 0. The van der Waals surface area contributed by atoms with Crippen molar-refractivity contribution < 1.29 is 9.72 Å². The van der Waals surface area contributed by atoms with Gasteiger partial charge in [0.05, 0.1) is 22.7 Å². The molecule has 0 spiro atoms. The molecule has 24 heavy (non-hydrogen) atoms. The van der Waals surface area contributed by atoms with E-state index in [1.54, 1.807) is 6.07 Å². The van der Waals surface area contributed by atoms with Crippen LogP contribution in [0, 0.1) is 21.4 Å². The smallest absolute Gasteiger partial charge is 0.270 e. The quantitative estimate of drug-likeness (QED) is 0.640. The summed E-state index contributed by atoms with van der Waals surface area (Å²) in [6, 6.07) is 6.49. The average molecular weight is 331 g/mol. The van der Waals surface area contributed by atoms with Crippen molar-refractivity contribution >= 4 is 17.3 Å². The van der Waals surface area contributed by atoms with E-state index < -0.39 is 4.92 Å². The molecule has 2 rings (SSSR count). The summed E-state index contributed by atoms with van der Waals surface area (Å²) in [5.41, 5.74) is 0.920. The number of anilines is 1. The van der Waals surface area contributed by atoms with E-state index in [-0.39, 0.29) is 17.6 Å². The number of hydrogen-bond acceptors (Lipinski definition) is 6. The number of nitrogens with one attached hydrogen (secondary N) is 1. The zero-order valence-electron chi connectivity index (χ0n) is 13.9. The Morgan fingerprint density at radius 2 is 2.04 bits per heavy atom. The van der Waals surface area contributed by atoms with E-state index in [0.717, 1.165) is 0 Å². The number of piperazine rings is 1. The van der Waals surface area contributed by atoms with Crippen LogP contribution in [0.15, 0.2) is 18.2 Å². The van der Waals surface area contributed by atoms with E-state index in [2.05, 4.69) is 10.2 Å². The molecule has 1 aliphatic rings. The Kier molecular flexibility index (Phi) is 5.71. The summed E-state index contributed by atoms with van der Waals surface area (Å²) in [4.78, 5) is 26.2. The third-order valence-corrected chi connectivity index (χ3v) is 3.84. The maximum absolute atomic E-state index is 11.8. The van der Waals surface area contributed by atoms with Gasteiger partial charge in [-0.2, -0.15) is 5.26 Å². The summed E-state index contributed by atoms with van der Waals surface area (Å²) in [5.74, 6) is 0.00602. The highest BCUT2D eigenvalue weighted by Crippen LogP contribution is 2.25. The van der Waals surface area contributed by atoms with E-state index in [1.807, 2.05) is 24.8 Å². The fourth-order valence-corrected chi connectivity index (χ4v) is 2.72. The number of carbonyl (C=O) groups excluding carboxylic acids is 1. The van der Waals surface area contributed by atoms with Crippen LogP contribution in [-0.4, -0.2) is 54.5 Å². The predicted octanol–water partition coefficient (Wildman–Crippen LogP) is 1.11. The Hall–Kier alpha value is -2.66. The van der Waals surface area contributed by atoms with Gasteiger partial charge in [-0.25, -0.2) is 0 Å². The highest BCUT2D eigenvalue weighted by molar-refractivity contribution is 5.78. The van der Waals surface area contributed by atoms with Gasteiger partial charge in [-0.3, -0.25) is 19.8 Å². The molecule has 1 saturated heterocycles. The van der Waals surface area contributed by atoms with Gasteiger partial charge >= 0.3 is 0 Å². The van der Waals surface area contributed by atoms with Crippen LogP contribution in [0.5, 0.6) is 0 Å². The van der Waals surface area contributed by atoms with Crippen molar-refractivity contribution in [3.8, 4) is 6.07 Å². The molecule has 1 fully saturated rings. The minimum absolute atomic E-state index is 0.00602. The molecular formula is C16H21N5O3. The SMILES string of the molecule is CC(C)NC(=O)CN1CCN(c2ccc([N+](=O)[O-])cc2C#N)CC1. The van der Waals surface area contributed by atoms with Crippen molar-refractivity contribution in [1.29, 1.82) is 5.26 Å². The van der Waals surface area contributed by atoms with Crippen LogP contribution in [0.3, 0.4) is 0 Å². The minimum atomic E-state index is -0.504. The van der Waals surface area contributed by atoms with Gasteiger partial charge in [0.15, 0.2) is 0 Å². The topological polar surface area (TPSA) is 103 Å². The van der Waals surface area contributed by atoms with Crippen molar-refractivity contribution in [2.45, 2.75) is 19.9 Å². The number of nitro groups is 1. The lowest BCUT2D eigenvalue weighted by Gasteiger charge is -2.36. The summed E-state index contributed by atoms with van der Waals surface area (Å²) in [5, 5.41) is 22.9. The summed E-state index contributed by atoms with van der Waals surface area (Å²) >= 11 is 0. The van der Waals surface area contributed by atoms with Gasteiger partial charge < -0.3 is 10.2 Å². The van der Waals surface area contributed by atoms with Crippen LogP contribution >= 0.6 is 0 Å². The standard InChI is InChI=1S/C16H21N5O3/c1-12(2)18-16(22)11-19-5-7-20(8-6-19)15-4-3-14(21(23)24)9-13(15)10-17/h3-4,9,12H,5-8,11H2,1-2H3,(H,18,22). The molecule has 0 atom stereocenters. The predicted molar refractivity (Wildman–Crippen MR) is 89.7 cm³/mol. The zero-order valence-corrected chi connectivity index (χ0v) is 13.9. The highest BCUT2D eigenvalue weighted by atomic mass is 16.6. The normalized spacial score (nSPS) is 15.2. The number of non-ortho nitro benzene ring substituents is 1. The van der Waals surface area contributed by atoms with Gasteiger partial charge in [-0.15, -0.1) is 0 Å². The third-order valence-electron chi connectivity index (χ3n) is 3.84. The maximum atomic E-state index is 11.8. The minimum Gasteiger partial charge on any atom is -0.368 e. The first kappa shape index (κ1) is 17.7. The lowest BCUT2D eigenvalue weighted by Crippen LogP contribution is -2.50. The van der Waals surface area contributed by atoms with Crippen molar-refractivity contribution in [3.63, 3.8) is 0 Å². The molecule has 0 bridgehead atoms. The van der Waals surface area contributed by atoms with Gasteiger partial charge in [-0.1, -0.05) is 0 Å². The Morgan fingerprint density at radius 3 is 2.58 bits per heavy atom. The Morgan fingerprint density at radius 1 is 1.38 bits per heavy atom. The van der Waals surface area contributed by atoms with E-state index in [4.69, 9.17) is 0 Å². The van der Waals surface area contributed by atoms with E-state index >= 15 is 0 Å². The zero-order chi connectivity index (χ0) is 17.7. The molecular weight excluding hydrogens is 310 g/mol. The van der Waals surface area contributed by atoms with Crippen LogP contribution in [0.1, 0.15) is 19.4 Å². The molecule has 1 amide bonds. The van der Waals surface area contributed by atoms with Crippen LogP contribution in [-0.2, 0) is 4.79 Å². The molecule has 0 unspecified atom stereocenters. The molecule has 8 nitrogen and oxygen atoms in total. The van der Waals surface area contributed by atoms with Gasteiger partial charge in [-0.05, 0) is 19.9 Å². The second-order valence-corrected chi connectivity index (χ2v) is 6.06. The van der Waals surface area contributed by atoms with Gasteiger partial charge in [0.25, 0.3) is 5.69 Å². The molecule has 1 aromatic carbocycles. The van der Waals surface area contributed by atoms with E-state index in [0.29, 0.717) is 44.0 Å². The summed E-state index contributed by atoms with van der Waals surface area (Å²) < 4.78 is 0. The van der Waals surface area contributed by atoms with Gasteiger partial charge in [0.2, 0.25) is 5.91 Å². The second kappa shape index (κ2) is 7.75. The number of nitro benzene ring substituents is 1. The first-order chi connectivity index (χ1) is 11.4. The molecule has 0 aliphatic carbocycles. The molecule has 1 aromatic rings. The Labute approximate surface area is 140 Å². The number of hydrogen-bond donors (Lipinski definition) is 1. The first-order valence-electron chi connectivity index (χ1n) is 7.86. The van der Waals surface area contributed by atoms with Crippen molar-refractivity contribution in [2.75, 3.05) is 37.6 Å². The molecule has 0 saturated carbocycles. The number of nitriles is 1. The van der Waals surface area contributed by atoms with E-state index in [9.17, 15) is 20.2 Å². The van der Waals surface area contributed by atoms with Crippen LogP contribution in [0.25, 0.3) is 0 Å². The monoisotopic (exact) mass is 331 g/mol. The number of benzene rings is 1. The molecule has 1 N–H and O–H groups in total. The van der Waals surface area contributed by atoms with Crippen molar-refractivity contribution in [1.82, 2.24) is 10.2 Å². The fraction of sp³-hybridized carbons (Fsp3) is 0.500. The number of rotatable bonds is 5. The largest absolute Gasteiger partial charge is 0.368 e. The van der Waals surface area contributed by atoms with Crippen molar-refractivity contribution in [2.24, 2.45) is 0 Å². The summed E-state index contributed by atoms with van der Waals surface area (Å²) in [6.07, 6.45) is 0. The molecule has 0 radical (unpaired) electrons. The van der Waals surface area contributed by atoms with Crippen LogP contribution in [0.4, 0.5) is 11.4 Å². The molecule has 1 heterocycles. The second-order valence-electron chi connectivity index (χ2n) is 6.06.